The molecule has 3 rings (SSSR count). The normalized spacial score (nSPS) is 25.7. The Hall–Kier alpha value is -1.84. The summed E-state index contributed by atoms with van der Waals surface area (Å²) in [5.41, 5.74) is -0.0713. The van der Waals surface area contributed by atoms with Gasteiger partial charge in [0.15, 0.2) is 0 Å². The molecule has 150 valence electrons. The largest absolute Gasteiger partial charge is 0.471 e. The fourth-order valence-electron chi connectivity index (χ4n) is 3.77. The third-order valence-corrected chi connectivity index (χ3v) is 5.04. The van der Waals surface area contributed by atoms with Gasteiger partial charge in [-0.15, -0.1) is 0 Å². The van der Waals surface area contributed by atoms with Gasteiger partial charge in [-0.2, -0.15) is 13.2 Å². The molecule has 2 fully saturated rings. The number of benzene rings is 1. The highest BCUT2D eigenvalue weighted by molar-refractivity contribution is 5.82. The first-order chi connectivity index (χ1) is 12.5. The Balaban J connectivity index is 1.84. The monoisotopic (exact) mass is 398 g/mol. The first kappa shape index (κ1) is 19.9. The van der Waals surface area contributed by atoms with E-state index in [2.05, 4.69) is 5.32 Å². The quantitative estimate of drug-likeness (QED) is 0.783. The maximum atomic E-state index is 14.0. The van der Waals surface area contributed by atoms with E-state index in [9.17, 15) is 35.5 Å². The Kier molecular flexibility index (Phi) is 5.13. The number of alkyl halides is 5. The van der Waals surface area contributed by atoms with Gasteiger partial charge in [-0.3, -0.25) is 4.79 Å². The number of carbonyl (C=O) groups is 1. The molecule has 10 heteroatoms. The number of carbonyl (C=O) groups excluding carboxylic acids is 1. The first-order valence-electron chi connectivity index (χ1n) is 8.43. The minimum atomic E-state index is -5.20. The van der Waals surface area contributed by atoms with Crippen molar-refractivity contribution in [1.29, 1.82) is 0 Å². The lowest BCUT2D eigenvalue weighted by atomic mass is 9.83. The van der Waals surface area contributed by atoms with Crippen molar-refractivity contribution in [1.82, 2.24) is 10.2 Å². The molecule has 0 aromatic heterocycles. The van der Waals surface area contributed by atoms with E-state index >= 15 is 0 Å². The van der Waals surface area contributed by atoms with Gasteiger partial charge in [0.25, 0.3) is 5.92 Å². The van der Waals surface area contributed by atoms with Crippen molar-refractivity contribution in [2.24, 2.45) is 0 Å². The lowest BCUT2D eigenvalue weighted by Gasteiger charge is -2.48. The molecular weight excluding hydrogens is 381 g/mol. The van der Waals surface area contributed by atoms with Crippen molar-refractivity contribution in [3.05, 3.63) is 35.4 Å². The van der Waals surface area contributed by atoms with Crippen LogP contribution in [0.15, 0.2) is 18.2 Å². The molecule has 1 aliphatic carbocycles. The minimum absolute atomic E-state index is 0.0713. The van der Waals surface area contributed by atoms with Crippen molar-refractivity contribution in [2.75, 3.05) is 6.54 Å². The van der Waals surface area contributed by atoms with Crippen molar-refractivity contribution < 1.29 is 35.5 Å². The third-order valence-electron chi connectivity index (χ3n) is 5.04. The van der Waals surface area contributed by atoms with Crippen LogP contribution in [0, 0.1) is 11.6 Å². The molecular formula is C17H17F7N2O. The second kappa shape index (κ2) is 6.96. The number of amides is 1. The summed E-state index contributed by atoms with van der Waals surface area (Å²) in [6.07, 6.45) is -6.91. The molecule has 0 spiro atoms. The van der Waals surface area contributed by atoms with Crippen molar-refractivity contribution >= 4 is 5.91 Å². The molecule has 1 aromatic carbocycles. The second-order valence-electron chi connectivity index (χ2n) is 6.98. The van der Waals surface area contributed by atoms with Gasteiger partial charge in [0, 0.05) is 36.5 Å². The van der Waals surface area contributed by atoms with E-state index in [0.29, 0.717) is 4.90 Å². The van der Waals surface area contributed by atoms with E-state index in [1.165, 1.54) is 0 Å². The summed E-state index contributed by atoms with van der Waals surface area (Å²) in [6.45, 7) is 0.135. The molecule has 1 aromatic rings. The molecule has 2 atom stereocenters. The summed E-state index contributed by atoms with van der Waals surface area (Å²) >= 11 is 0. The SMILES string of the molecule is O=C(N(C1CCNC(c2cc(F)ccc2F)C1)C1CC(F)(F)C1)C(F)(F)F. The molecule has 1 N–H and O–H groups in total. The summed E-state index contributed by atoms with van der Waals surface area (Å²) in [5, 5.41) is 2.88. The molecule has 0 bridgehead atoms. The third kappa shape index (κ3) is 4.20. The molecule has 2 unspecified atom stereocenters. The van der Waals surface area contributed by atoms with Gasteiger partial charge in [0.2, 0.25) is 0 Å². The van der Waals surface area contributed by atoms with Crippen LogP contribution in [-0.2, 0) is 4.79 Å². The summed E-state index contributed by atoms with van der Waals surface area (Å²) in [7, 11) is 0. The van der Waals surface area contributed by atoms with Gasteiger partial charge in [0.05, 0.1) is 0 Å². The Bertz CT molecular complexity index is 714. The van der Waals surface area contributed by atoms with Crippen LogP contribution >= 0.6 is 0 Å². The van der Waals surface area contributed by atoms with Crippen molar-refractivity contribution in [3.8, 4) is 0 Å². The Morgan fingerprint density at radius 3 is 2.41 bits per heavy atom. The molecule has 2 aliphatic rings. The molecule has 1 amide bonds. The molecule has 3 nitrogen and oxygen atoms in total. The van der Waals surface area contributed by atoms with E-state index in [-0.39, 0.29) is 24.9 Å². The summed E-state index contributed by atoms with van der Waals surface area (Å²) < 4.78 is 92.8. The molecule has 1 saturated carbocycles. The number of nitrogens with zero attached hydrogens (tertiary/aromatic N) is 1. The van der Waals surface area contributed by atoms with E-state index in [0.717, 1.165) is 18.2 Å². The summed E-state index contributed by atoms with van der Waals surface area (Å²) in [6, 6.07) is -0.313. The molecule has 0 radical (unpaired) electrons. The van der Waals surface area contributed by atoms with Crippen LogP contribution in [0.2, 0.25) is 0 Å². The lowest BCUT2D eigenvalue weighted by Crippen LogP contribution is -2.61. The Morgan fingerprint density at radius 1 is 1.15 bits per heavy atom. The fourth-order valence-corrected chi connectivity index (χ4v) is 3.77. The number of halogens is 7. The van der Waals surface area contributed by atoms with Gasteiger partial charge in [-0.05, 0) is 37.6 Å². The van der Waals surface area contributed by atoms with E-state index < -0.39 is 60.6 Å². The average Bonchev–Trinajstić information content (AvgIpc) is 2.55. The number of piperidine rings is 1. The molecule has 1 aliphatic heterocycles. The Labute approximate surface area is 150 Å². The first-order valence-corrected chi connectivity index (χ1v) is 8.43. The summed E-state index contributed by atoms with van der Waals surface area (Å²) in [4.78, 5) is 12.3. The van der Waals surface area contributed by atoms with E-state index in [1.807, 2.05) is 0 Å². The zero-order valence-corrected chi connectivity index (χ0v) is 14.0. The van der Waals surface area contributed by atoms with Crippen LogP contribution in [0.1, 0.15) is 37.3 Å². The van der Waals surface area contributed by atoms with Crippen LogP contribution in [0.3, 0.4) is 0 Å². The van der Waals surface area contributed by atoms with Crippen molar-refractivity contribution in [2.45, 2.75) is 55.9 Å². The predicted molar refractivity (Wildman–Crippen MR) is 81.0 cm³/mol. The van der Waals surface area contributed by atoms with Gasteiger partial charge < -0.3 is 10.2 Å². The lowest BCUT2D eigenvalue weighted by molar-refractivity contribution is -0.203. The zero-order valence-electron chi connectivity index (χ0n) is 14.0. The maximum Gasteiger partial charge on any atom is 0.471 e. The van der Waals surface area contributed by atoms with E-state index in [4.69, 9.17) is 0 Å². The van der Waals surface area contributed by atoms with Gasteiger partial charge in [-0.1, -0.05) is 0 Å². The molecule has 27 heavy (non-hydrogen) atoms. The van der Waals surface area contributed by atoms with Gasteiger partial charge >= 0.3 is 12.1 Å². The highest BCUT2D eigenvalue weighted by Gasteiger charge is 2.55. The van der Waals surface area contributed by atoms with Crippen LogP contribution in [0.4, 0.5) is 30.7 Å². The summed E-state index contributed by atoms with van der Waals surface area (Å²) in [5.74, 6) is -6.72. The smallest absolute Gasteiger partial charge is 0.328 e. The topological polar surface area (TPSA) is 32.3 Å². The number of hydrogen-bond donors (Lipinski definition) is 1. The second-order valence-corrected chi connectivity index (χ2v) is 6.98. The fraction of sp³-hybridized carbons (Fsp3) is 0.588. The molecule has 1 saturated heterocycles. The van der Waals surface area contributed by atoms with Crippen LogP contribution in [-0.4, -0.2) is 41.5 Å². The number of rotatable bonds is 3. The van der Waals surface area contributed by atoms with E-state index in [1.54, 1.807) is 0 Å². The van der Waals surface area contributed by atoms with Gasteiger partial charge in [0.1, 0.15) is 11.6 Å². The minimum Gasteiger partial charge on any atom is -0.328 e. The molecule has 1 heterocycles. The highest BCUT2D eigenvalue weighted by atomic mass is 19.4. The van der Waals surface area contributed by atoms with Crippen LogP contribution in [0.5, 0.6) is 0 Å². The standard InChI is InChI=1S/C17H17F7N2O/c18-9-1-2-13(19)12(5-9)14-6-10(3-4-25-14)26(15(27)17(22,23)24)11-7-16(20,21)8-11/h1-2,5,10-11,14,25H,3-4,6-8H2. The van der Waals surface area contributed by atoms with Crippen LogP contribution < -0.4 is 5.32 Å². The maximum absolute atomic E-state index is 14.0. The zero-order chi connectivity index (χ0) is 20.0. The average molecular weight is 398 g/mol. The van der Waals surface area contributed by atoms with Gasteiger partial charge in [-0.25, -0.2) is 17.6 Å². The number of hydrogen-bond acceptors (Lipinski definition) is 2. The van der Waals surface area contributed by atoms with Crippen molar-refractivity contribution in [3.63, 3.8) is 0 Å². The number of nitrogens with one attached hydrogen (secondary N) is 1. The highest BCUT2D eigenvalue weighted by Crippen LogP contribution is 2.44. The Morgan fingerprint density at radius 2 is 1.81 bits per heavy atom. The predicted octanol–water partition coefficient (Wildman–Crippen LogP) is 3.95. The van der Waals surface area contributed by atoms with Crippen LogP contribution in [0.25, 0.3) is 0 Å².